The van der Waals surface area contributed by atoms with Crippen LogP contribution in [0.5, 0.6) is 0 Å². The number of carbonyl (C=O) groups is 2. The van der Waals surface area contributed by atoms with E-state index in [9.17, 15) is 9.59 Å². The second kappa shape index (κ2) is 5.97. The fourth-order valence-electron chi connectivity index (χ4n) is 0.400. The maximum absolute atomic E-state index is 10.5. The molecule has 0 aromatic rings. The number of ether oxygens (including phenoxy) is 1. The number of hydrogen-bond donors (Lipinski definition) is 1. The molecular weight excluding hydrogens is 170 g/mol. The van der Waals surface area contributed by atoms with Crippen LogP contribution in [0.15, 0.2) is 0 Å². The second-order valence-electron chi connectivity index (χ2n) is 1.75. The molecule has 0 unspecified atom stereocenters. The summed E-state index contributed by atoms with van der Waals surface area (Å²) in [7, 11) is 0. The minimum atomic E-state index is -0.592. The van der Waals surface area contributed by atoms with Crippen molar-refractivity contribution in [2.75, 3.05) is 19.0 Å². The summed E-state index contributed by atoms with van der Waals surface area (Å²) in [4.78, 5) is 21.1. The van der Waals surface area contributed by atoms with Crippen molar-refractivity contribution in [1.29, 1.82) is 0 Å². The number of amides is 1. The van der Waals surface area contributed by atoms with Gasteiger partial charge in [-0.15, -0.1) is 11.6 Å². The van der Waals surface area contributed by atoms with Crippen molar-refractivity contribution in [2.45, 2.75) is 6.92 Å². The van der Waals surface area contributed by atoms with Crippen molar-refractivity contribution in [3.63, 3.8) is 0 Å². The van der Waals surface area contributed by atoms with Gasteiger partial charge in [-0.05, 0) is 6.92 Å². The topological polar surface area (TPSA) is 55.4 Å². The lowest BCUT2D eigenvalue weighted by Crippen LogP contribution is -2.30. The molecule has 4 nitrogen and oxygen atoms in total. The molecule has 1 N–H and O–H groups in total. The zero-order valence-electron chi connectivity index (χ0n) is 6.22. The third kappa shape index (κ3) is 5.66. The van der Waals surface area contributed by atoms with Gasteiger partial charge in [0.05, 0.1) is 19.0 Å². The molecule has 0 bridgehead atoms. The van der Waals surface area contributed by atoms with E-state index in [1.165, 1.54) is 0 Å². The van der Waals surface area contributed by atoms with Crippen LogP contribution < -0.4 is 5.32 Å². The average molecular weight is 180 g/mol. The standard InChI is InChI=1S/C6H10ClNO3/c1-2-11-6(10)8-4-5(9)3-7/h2-4H2,1H3,(H,8,10). The number of Topliss-reactive ketones (excluding diaryl/α,β-unsaturated/α-hetero) is 1. The zero-order valence-corrected chi connectivity index (χ0v) is 6.98. The number of alkyl carbamates (subject to hydrolysis) is 1. The van der Waals surface area contributed by atoms with Crippen LogP contribution >= 0.6 is 11.6 Å². The average Bonchev–Trinajstić information content (AvgIpc) is 2.01. The summed E-state index contributed by atoms with van der Waals surface area (Å²) in [6.45, 7) is 1.91. The lowest BCUT2D eigenvalue weighted by molar-refractivity contribution is -0.115. The maximum atomic E-state index is 10.5. The van der Waals surface area contributed by atoms with Gasteiger partial charge >= 0.3 is 6.09 Å². The van der Waals surface area contributed by atoms with Crippen LogP contribution in [0.2, 0.25) is 0 Å². The molecule has 1 amide bonds. The van der Waals surface area contributed by atoms with Crippen LogP contribution in [0.3, 0.4) is 0 Å². The fraction of sp³-hybridized carbons (Fsp3) is 0.667. The SMILES string of the molecule is CCOC(=O)NCC(=O)CCl. The highest BCUT2D eigenvalue weighted by atomic mass is 35.5. The molecule has 0 fully saturated rings. The molecule has 0 atom stereocenters. The van der Waals surface area contributed by atoms with Crippen molar-refractivity contribution in [2.24, 2.45) is 0 Å². The van der Waals surface area contributed by atoms with E-state index >= 15 is 0 Å². The van der Waals surface area contributed by atoms with E-state index in [0.717, 1.165) is 0 Å². The van der Waals surface area contributed by atoms with E-state index in [-0.39, 0.29) is 18.2 Å². The van der Waals surface area contributed by atoms with Crippen LogP contribution in [0, 0.1) is 0 Å². The summed E-state index contributed by atoms with van der Waals surface area (Å²) < 4.78 is 4.49. The first-order valence-corrected chi connectivity index (χ1v) is 3.72. The smallest absolute Gasteiger partial charge is 0.407 e. The summed E-state index contributed by atoms with van der Waals surface area (Å²) in [6.07, 6.45) is -0.592. The second-order valence-corrected chi connectivity index (χ2v) is 2.01. The van der Waals surface area contributed by atoms with Gasteiger partial charge in [0, 0.05) is 0 Å². The van der Waals surface area contributed by atoms with Crippen LogP contribution in [-0.2, 0) is 9.53 Å². The number of hydrogen-bond acceptors (Lipinski definition) is 3. The molecule has 0 rings (SSSR count). The summed E-state index contributed by atoms with van der Waals surface area (Å²) in [5.41, 5.74) is 0. The van der Waals surface area contributed by atoms with Crippen molar-refractivity contribution < 1.29 is 14.3 Å². The van der Waals surface area contributed by atoms with Gasteiger partial charge in [0.2, 0.25) is 0 Å². The molecule has 5 heteroatoms. The van der Waals surface area contributed by atoms with E-state index in [1.54, 1.807) is 6.92 Å². The van der Waals surface area contributed by atoms with Gasteiger partial charge in [0.15, 0.2) is 5.78 Å². The van der Waals surface area contributed by atoms with Gasteiger partial charge in [0.25, 0.3) is 0 Å². The van der Waals surface area contributed by atoms with Crippen LogP contribution in [0.4, 0.5) is 4.79 Å². The molecule has 0 saturated carbocycles. The molecular formula is C6H10ClNO3. The number of alkyl halides is 1. The Kier molecular flexibility index (Phi) is 5.56. The Morgan fingerprint density at radius 1 is 1.55 bits per heavy atom. The van der Waals surface area contributed by atoms with Crippen molar-refractivity contribution in [1.82, 2.24) is 5.32 Å². The number of ketones is 1. The van der Waals surface area contributed by atoms with E-state index < -0.39 is 6.09 Å². The number of nitrogens with one attached hydrogen (secondary N) is 1. The zero-order chi connectivity index (χ0) is 8.69. The van der Waals surface area contributed by atoms with Gasteiger partial charge in [0.1, 0.15) is 0 Å². The highest BCUT2D eigenvalue weighted by Gasteiger charge is 2.02. The van der Waals surface area contributed by atoms with Crippen LogP contribution in [-0.4, -0.2) is 30.9 Å². The predicted octanol–water partition coefficient (Wildman–Crippen LogP) is 0.540. The van der Waals surface area contributed by atoms with Crippen molar-refractivity contribution >= 4 is 23.5 Å². The monoisotopic (exact) mass is 179 g/mol. The molecule has 64 valence electrons. The van der Waals surface area contributed by atoms with E-state index in [2.05, 4.69) is 10.1 Å². The van der Waals surface area contributed by atoms with Gasteiger partial charge in [-0.3, -0.25) is 4.79 Å². The molecule has 0 radical (unpaired) electrons. The fourth-order valence-corrected chi connectivity index (χ4v) is 0.495. The molecule has 0 spiro atoms. The summed E-state index contributed by atoms with van der Waals surface area (Å²) in [5, 5.41) is 2.24. The third-order valence-electron chi connectivity index (χ3n) is 0.854. The highest BCUT2D eigenvalue weighted by Crippen LogP contribution is 1.79. The largest absolute Gasteiger partial charge is 0.450 e. The van der Waals surface area contributed by atoms with E-state index in [0.29, 0.717) is 6.61 Å². The first kappa shape index (κ1) is 10.2. The summed E-state index contributed by atoms with van der Waals surface area (Å²) in [6, 6.07) is 0. The lowest BCUT2D eigenvalue weighted by atomic mass is 10.4. The number of rotatable bonds is 4. The molecule has 0 aliphatic heterocycles. The summed E-state index contributed by atoms with van der Waals surface area (Å²) >= 11 is 5.17. The van der Waals surface area contributed by atoms with Crippen molar-refractivity contribution in [3.05, 3.63) is 0 Å². The number of halogens is 1. The maximum Gasteiger partial charge on any atom is 0.407 e. The molecule has 0 aromatic heterocycles. The molecule has 0 heterocycles. The summed E-state index contributed by atoms with van der Waals surface area (Å²) in [5.74, 6) is -0.327. The number of carbonyl (C=O) groups excluding carboxylic acids is 2. The predicted molar refractivity (Wildman–Crippen MR) is 40.8 cm³/mol. The Labute approximate surface area is 69.9 Å². The first-order chi connectivity index (χ1) is 5.20. The minimum Gasteiger partial charge on any atom is -0.450 e. The highest BCUT2D eigenvalue weighted by molar-refractivity contribution is 6.28. The van der Waals surface area contributed by atoms with Gasteiger partial charge in [-0.1, -0.05) is 0 Å². The Morgan fingerprint density at radius 2 is 2.18 bits per heavy atom. The van der Waals surface area contributed by atoms with Crippen molar-refractivity contribution in [3.8, 4) is 0 Å². The van der Waals surface area contributed by atoms with E-state index in [1.807, 2.05) is 0 Å². The Hall–Kier alpha value is -0.770. The van der Waals surface area contributed by atoms with Crippen LogP contribution in [0.1, 0.15) is 6.92 Å². The molecule has 0 aliphatic carbocycles. The minimum absolute atomic E-state index is 0.0671. The Morgan fingerprint density at radius 3 is 2.64 bits per heavy atom. The normalized spacial score (nSPS) is 8.91. The molecule has 11 heavy (non-hydrogen) atoms. The lowest BCUT2D eigenvalue weighted by Gasteiger charge is -2.01. The first-order valence-electron chi connectivity index (χ1n) is 3.19. The van der Waals surface area contributed by atoms with E-state index in [4.69, 9.17) is 11.6 Å². The van der Waals surface area contributed by atoms with Gasteiger partial charge in [-0.2, -0.15) is 0 Å². The Bertz CT molecular complexity index is 149. The molecule has 0 aromatic carbocycles. The van der Waals surface area contributed by atoms with Gasteiger partial charge < -0.3 is 10.1 Å². The molecule has 0 aliphatic rings. The third-order valence-corrected chi connectivity index (χ3v) is 1.15. The quantitative estimate of drug-likeness (QED) is 0.641. The van der Waals surface area contributed by atoms with Gasteiger partial charge in [-0.25, -0.2) is 4.79 Å². The Balaban J connectivity index is 3.38. The molecule has 0 saturated heterocycles. The van der Waals surface area contributed by atoms with Crippen LogP contribution in [0.25, 0.3) is 0 Å².